The summed E-state index contributed by atoms with van der Waals surface area (Å²) in [5.41, 5.74) is 0.649. The summed E-state index contributed by atoms with van der Waals surface area (Å²) >= 11 is 3.23. The van der Waals surface area contributed by atoms with E-state index in [1.807, 2.05) is 0 Å². The van der Waals surface area contributed by atoms with Gasteiger partial charge in [0.25, 0.3) is 5.91 Å². The smallest absolute Gasteiger partial charge is 0.302 e. The summed E-state index contributed by atoms with van der Waals surface area (Å²) in [5, 5.41) is 5.36. The molecule has 2 N–H and O–H groups in total. The molecule has 2 amide bonds. The topological polar surface area (TPSA) is 93.2 Å². The highest BCUT2D eigenvalue weighted by Gasteiger charge is 2.31. The number of rotatable bonds is 9. The Morgan fingerprint density at radius 2 is 2.00 bits per heavy atom. The van der Waals surface area contributed by atoms with E-state index in [-0.39, 0.29) is 41.5 Å². The molecule has 166 valence electrons. The number of alkyl halides is 2. The second-order valence-electron chi connectivity index (χ2n) is 7.16. The third-order valence-corrected chi connectivity index (χ3v) is 4.70. The van der Waals surface area contributed by atoms with Crippen molar-refractivity contribution in [2.24, 2.45) is 5.92 Å². The van der Waals surface area contributed by atoms with Crippen molar-refractivity contribution in [2.45, 2.75) is 33.2 Å². The Balaban J connectivity index is 1.97. The van der Waals surface area contributed by atoms with Crippen LogP contribution in [0.3, 0.4) is 0 Å². The van der Waals surface area contributed by atoms with Crippen LogP contribution in [-0.2, 0) is 11.3 Å². The van der Waals surface area contributed by atoms with E-state index in [0.717, 1.165) is 0 Å². The maximum Gasteiger partial charge on any atom is 0.302 e. The molecule has 2 rings (SSSR count). The SMILES string of the molecule is C=C(C)C(F)(F)COc1ncc(CNC(=O)c2ccnc(NC(=O)C(C)C)c2)cc1Br. The monoisotopic (exact) mass is 496 g/mol. The molecule has 0 aliphatic carbocycles. The van der Waals surface area contributed by atoms with Gasteiger partial charge in [-0.1, -0.05) is 20.4 Å². The zero-order valence-electron chi connectivity index (χ0n) is 17.3. The number of hydrogen-bond donors (Lipinski definition) is 2. The highest BCUT2D eigenvalue weighted by atomic mass is 79.9. The number of halogens is 3. The number of anilines is 1. The minimum absolute atomic E-state index is 0.00988. The van der Waals surface area contributed by atoms with E-state index in [0.29, 0.717) is 15.6 Å². The van der Waals surface area contributed by atoms with Gasteiger partial charge in [0.1, 0.15) is 5.82 Å². The van der Waals surface area contributed by atoms with Crippen LogP contribution in [0.15, 0.2) is 47.2 Å². The fraction of sp³-hybridized carbons (Fsp3) is 0.333. The first-order valence-corrected chi connectivity index (χ1v) is 10.1. The molecule has 0 atom stereocenters. The fourth-order valence-electron chi connectivity index (χ4n) is 2.15. The normalized spacial score (nSPS) is 11.2. The lowest BCUT2D eigenvalue weighted by molar-refractivity contribution is -0.118. The molecule has 2 aromatic heterocycles. The van der Waals surface area contributed by atoms with Crippen LogP contribution in [0, 0.1) is 5.92 Å². The quantitative estimate of drug-likeness (QED) is 0.503. The zero-order chi connectivity index (χ0) is 23.2. The van der Waals surface area contributed by atoms with Gasteiger partial charge < -0.3 is 15.4 Å². The van der Waals surface area contributed by atoms with Crippen molar-refractivity contribution >= 4 is 33.6 Å². The van der Waals surface area contributed by atoms with E-state index in [1.54, 1.807) is 19.9 Å². The number of amides is 2. The Morgan fingerprint density at radius 3 is 2.61 bits per heavy atom. The number of aromatic nitrogens is 2. The van der Waals surface area contributed by atoms with Crippen molar-refractivity contribution in [3.63, 3.8) is 0 Å². The minimum Gasteiger partial charge on any atom is -0.470 e. The predicted molar refractivity (Wildman–Crippen MR) is 116 cm³/mol. The molecule has 2 heterocycles. The van der Waals surface area contributed by atoms with Gasteiger partial charge in [-0.15, -0.1) is 0 Å². The van der Waals surface area contributed by atoms with Gasteiger partial charge in [0.2, 0.25) is 11.8 Å². The molecule has 0 bridgehead atoms. The largest absolute Gasteiger partial charge is 0.470 e. The van der Waals surface area contributed by atoms with E-state index in [4.69, 9.17) is 4.74 Å². The Morgan fingerprint density at radius 1 is 1.29 bits per heavy atom. The van der Waals surface area contributed by atoms with E-state index in [2.05, 4.69) is 43.1 Å². The molecular formula is C21H23BrF2N4O3. The third kappa shape index (κ3) is 7.09. The minimum atomic E-state index is -3.16. The molecule has 0 saturated carbocycles. The van der Waals surface area contributed by atoms with Crippen LogP contribution in [0.2, 0.25) is 0 Å². The number of carbonyl (C=O) groups excluding carboxylic acids is 2. The van der Waals surface area contributed by atoms with Gasteiger partial charge in [0.15, 0.2) is 6.61 Å². The highest BCUT2D eigenvalue weighted by molar-refractivity contribution is 9.10. The summed E-state index contributed by atoms with van der Waals surface area (Å²) in [6.07, 6.45) is 2.84. The summed E-state index contributed by atoms with van der Waals surface area (Å²) in [5.74, 6) is -3.67. The average Bonchev–Trinajstić information content (AvgIpc) is 2.71. The molecule has 10 heteroatoms. The average molecular weight is 497 g/mol. The van der Waals surface area contributed by atoms with Crippen molar-refractivity contribution in [3.05, 3.63) is 58.3 Å². The maximum atomic E-state index is 13.6. The van der Waals surface area contributed by atoms with Crippen LogP contribution >= 0.6 is 15.9 Å². The van der Waals surface area contributed by atoms with Gasteiger partial charge in [-0.3, -0.25) is 9.59 Å². The molecule has 0 unspecified atom stereocenters. The predicted octanol–water partition coefficient (Wildman–Crippen LogP) is 4.35. The maximum absolute atomic E-state index is 13.6. The third-order valence-electron chi connectivity index (χ3n) is 4.13. The molecule has 31 heavy (non-hydrogen) atoms. The molecule has 2 aromatic rings. The van der Waals surface area contributed by atoms with Crippen LogP contribution < -0.4 is 15.4 Å². The van der Waals surface area contributed by atoms with Crippen molar-refractivity contribution in [1.82, 2.24) is 15.3 Å². The van der Waals surface area contributed by atoms with Crippen molar-refractivity contribution in [2.75, 3.05) is 11.9 Å². The van der Waals surface area contributed by atoms with Gasteiger partial charge >= 0.3 is 5.92 Å². The number of carbonyl (C=O) groups is 2. The fourth-order valence-corrected chi connectivity index (χ4v) is 2.66. The van der Waals surface area contributed by atoms with E-state index in [1.165, 1.54) is 31.5 Å². The van der Waals surface area contributed by atoms with Gasteiger partial charge in [-0.2, -0.15) is 8.78 Å². The van der Waals surface area contributed by atoms with Crippen molar-refractivity contribution in [1.29, 1.82) is 0 Å². The number of pyridine rings is 2. The van der Waals surface area contributed by atoms with E-state index < -0.39 is 12.5 Å². The number of ether oxygens (including phenoxy) is 1. The second-order valence-corrected chi connectivity index (χ2v) is 8.01. The summed E-state index contributed by atoms with van der Waals surface area (Å²) in [7, 11) is 0. The summed E-state index contributed by atoms with van der Waals surface area (Å²) in [6.45, 7) is 7.23. The number of nitrogens with zero attached hydrogens (tertiary/aromatic N) is 2. The first-order chi connectivity index (χ1) is 14.5. The van der Waals surface area contributed by atoms with E-state index >= 15 is 0 Å². The van der Waals surface area contributed by atoms with Crippen LogP contribution in [0.1, 0.15) is 36.7 Å². The lowest BCUT2D eigenvalue weighted by atomic mass is 10.2. The Hall–Kier alpha value is -2.88. The lowest BCUT2D eigenvalue weighted by Gasteiger charge is -2.17. The Bertz CT molecular complexity index is 983. The van der Waals surface area contributed by atoms with Gasteiger partial charge in [0, 0.05) is 30.4 Å². The molecule has 0 aliphatic heterocycles. The molecule has 0 radical (unpaired) electrons. The molecule has 0 aromatic carbocycles. The molecule has 0 fully saturated rings. The number of hydrogen-bond acceptors (Lipinski definition) is 5. The lowest BCUT2D eigenvalue weighted by Crippen LogP contribution is -2.27. The van der Waals surface area contributed by atoms with Crippen LogP contribution in [0.5, 0.6) is 5.88 Å². The zero-order valence-corrected chi connectivity index (χ0v) is 18.9. The van der Waals surface area contributed by atoms with Crippen LogP contribution in [0.4, 0.5) is 14.6 Å². The van der Waals surface area contributed by atoms with E-state index in [9.17, 15) is 18.4 Å². The molecule has 0 spiro atoms. The van der Waals surface area contributed by atoms with Crippen molar-refractivity contribution in [3.8, 4) is 5.88 Å². The van der Waals surface area contributed by atoms with Gasteiger partial charge in [-0.25, -0.2) is 9.97 Å². The first kappa shape index (κ1) is 24.4. The molecule has 7 nitrogen and oxygen atoms in total. The van der Waals surface area contributed by atoms with Crippen LogP contribution in [-0.4, -0.2) is 34.3 Å². The summed E-state index contributed by atoms with van der Waals surface area (Å²) < 4.78 is 32.7. The highest BCUT2D eigenvalue weighted by Crippen LogP contribution is 2.27. The number of nitrogens with one attached hydrogen (secondary N) is 2. The Labute approximate surface area is 187 Å². The van der Waals surface area contributed by atoms with Crippen LogP contribution in [0.25, 0.3) is 0 Å². The Kier molecular flexibility index (Phi) is 8.21. The summed E-state index contributed by atoms with van der Waals surface area (Å²) in [6, 6.07) is 4.61. The first-order valence-electron chi connectivity index (χ1n) is 9.35. The molecule has 0 aliphatic rings. The summed E-state index contributed by atoms with van der Waals surface area (Å²) in [4.78, 5) is 32.2. The molecular weight excluding hydrogens is 474 g/mol. The standard InChI is InChI=1S/C21H23BrF2N4O3/c1-12(2)18(29)28-17-8-15(5-6-25-17)19(30)26-9-14-7-16(22)20(27-10-14)31-11-21(23,24)13(3)4/h5-8,10,12H,3,9,11H2,1-2,4H3,(H,26,30)(H,25,28,29). The van der Waals surface area contributed by atoms with Crippen molar-refractivity contribution < 1.29 is 23.1 Å². The van der Waals surface area contributed by atoms with Gasteiger partial charge in [-0.05, 0) is 52.2 Å². The van der Waals surface area contributed by atoms with Gasteiger partial charge in [0.05, 0.1) is 4.47 Å². The molecule has 0 saturated heterocycles. The second kappa shape index (κ2) is 10.4.